The summed E-state index contributed by atoms with van der Waals surface area (Å²) in [5.41, 5.74) is 0. The number of hydrogen-bond acceptors (Lipinski definition) is 18. The van der Waals surface area contributed by atoms with Crippen molar-refractivity contribution < 1.29 is 89.4 Å². The van der Waals surface area contributed by atoms with Gasteiger partial charge in [0.2, 0.25) is 5.91 Å². The van der Waals surface area contributed by atoms with E-state index >= 15 is 0 Å². The van der Waals surface area contributed by atoms with E-state index in [2.05, 4.69) is 55.6 Å². The van der Waals surface area contributed by atoms with Gasteiger partial charge in [-0.05, 0) is 57.8 Å². The van der Waals surface area contributed by atoms with E-state index in [1.807, 2.05) is 6.08 Å². The maximum Gasteiger partial charge on any atom is 0.220 e. The second-order valence-corrected chi connectivity index (χ2v) is 31.0. The zero-order chi connectivity index (χ0) is 76.0. The Balaban J connectivity index is 1.34. The van der Waals surface area contributed by atoms with E-state index in [-0.39, 0.29) is 18.9 Å². The second-order valence-electron chi connectivity index (χ2n) is 31.0. The smallest absolute Gasteiger partial charge is 0.220 e. The third-order valence-electron chi connectivity index (χ3n) is 21.6. The summed E-state index contributed by atoms with van der Waals surface area (Å²) in [6.07, 6.45) is 58.2. The van der Waals surface area contributed by atoms with Crippen molar-refractivity contribution in [3.8, 4) is 0 Å². The lowest BCUT2D eigenvalue weighted by atomic mass is 9.96. The maximum atomic E-state index is 13.5. The minimum atomic E-state index is -1.98. The predicted molar refractivity (Wildman–Crippen MR) is 420 cm³/mol. The lowest BCUT2D eigenvalue weighted by Gasteiger charge is -2.48. The van der Waals surface area contributed by atoms with Crippen molar-refractivity contribution in [3.05, 3.63) is 48.6 Å². The molecule has 3 aliphatic heterocycles. The van der Waals surface area contributed by atoms with Crippen molar-refractivity contribution in [1.29, 1.82) is 0 Å². The van der Waals surface area contributed by atoms with Crippen molar-refractivity contribution in [2.24, 2.45) is 0 Å². The molecule has 17 unspecified atom stereocenters. The molecule has 0 saturated carbocycles. The molecular weight excluding hydrogens is 1330 g/mol. The number of carbonyl (C=O) groups is 1. The van der Waals surface area contributed by atoms with Gasteiger partial charge in [-0.25, -0.2) is 0 Å². The molecule has 1 amide bonds. The second kappa shape index (κ2) is 66.4. The van der Waals surface area contributed by atoms with Crippen molar-refractivity contribution in [2.45, 2.75) is 465 Å². The third kappa shape index (κ3) is 45.8. The van der Waals surface area contributed by atoms with Gasteiger partial charge in [0.05, 0.1) is 38.6 Å². The molecule has 0 spiro atoms. The first-order valence-electron chi connectivity index (χ1n) is 43.4. The fourth-order valence-corrected chi connectivity index (χ4v) is 14.7. The molecule has 19 nitrogen and oxygen atoms in total. The fraction of sp³-hybridized carbons (Fsp3) is 0.895. The highest BCUT2D eigenvalue weighted by Crippen LogP contribution is 2.33. The number of ether oxygens (including phenoxy) is 6. The number of unbranched alkanes of at least 4 members (excludes halogenated alkanes) is 48. The van der Waals surface area contributed by atoms with Gasteiger partial charge in [0, 0.05) is 6.42 Å². The topological polar surface area (TPSA) is 307 Å². The van der Waals surface area contributed by atoms with Crippen LogP contribution in [0.25, 0.3) is 0 Å². The standard InChI is InChI=1S/C86H159NO18/c1-3-5-7-9-11-13-15-17-19-21-23-25-27-29-30-31-32-33-34-35-36-37-38-40-42-44-46-48-50-52-54-56-58-60-62-64-74(92)87-69(70(91)63-61-59-57-55-53-51-49-47-45-43-41-39-28-26-24-22-20-18-16-14-12-10-8-6-4-2)68-100-84-80(98)77(95)82(72(66-89)102-84)105-86-81(99)78(96)83(73(67-90)103-86)104-85-79(97)76(94)75(93)71(65-88)101-85/h15,17,21,23,27,29,61,63,69-73,75-86,88-91,93-99H,3-14,16,18-20,22,24-26,28,30-60,62,64-68H2,1-2H3,(H,87,92)/b17-15-,23-21-,29-27-,63-61+. The lowest BCUT2D eigenvalue weighted by Crippen LogP contribution is -2.66. The number of rotatable bonds is 70. The number of amides is 1. The zero-order valence-electron chi connectivity index (χ0n) is 66.2. The molecule has 0 aromatic carbocycles. The van der Waals surface area contributed by atoms with E-state index in [4.69, 9.17) is 28.4 Å². The molecule has 105 heavy (non-hydrogen) atoms. The quantitative estimate of drug-likeness (QED) is 0.0199. The first kappa shape index (κ1) is 96.9. The molecule has 0 radical (unpaired) electrons. The summed E-state index contributed by atoms with van der Waals surface area (Å²) in [5, 5.41) is 121. The maximum absolute atomic E-state index is 13.5. The summed E-state index contributed by atoms with van der Waals surface area (Å²) in [6.45, 7) is 1.78. The molecule has 19 heteroatoms. The molecule has 0 aromatic heterocycles. The summed E-state index contributed by atoms with van der Waals surface area (Å²) in [5.74, 6) is -0.269. The first-order valence-corrected chi connectivity index (χ1v) is 43.4. The Kier molecular flexibility index (Phi) is 61.3. The molecular formula is C86H159NO18. The van der Waals surface area contributed by atoms with Crippen LogP contribution in [0.5, 0.6) is 0 Å². The SMILES string of the molecule is CCCCCCC/C=C\C/C=C\C/C=C\CCCCCCCCCCCCCCCCCCCCCCC(=O)NC(COC1OC(CO)C(OC2OC(CO)C(OC3OC(CO)C(O)C(O)C3O)C(O)C2O)C(O)C1O)C(O)/C=C/CCCCCCCCCCCCCCCCCCCCCCCCC. The van der Waals surface area contributed by atoms with Gasteiger partial charge in [-0.15, -0.1) is 0 Å². The predicted octanol–water partition coefficient (Wildman–Crippen LogP) is 15.6. The van der Waals surface area contributed by atoms with Crippen LogP contribution < -0.4 is 5.32 Å². The highest BCUT2D eigenvalue weighted by Gasteiger charge is 2.54. The normalized spacial score (nSPS) is 26.0. The highest BCUT2D eigenvalue weighted by atomic mass is 16.8. The average Bonchev–Trinajstić information content (AvgIpc) is 0.781. The lowest BCUT2D eigenvalue weighted by molar-refractivity contribution is -0.379. The molecule has 3 saturated heterocycles. The van der Waals surface area contributed by atoms with Crippen LogP contribution in [0.3, 0.4) is 0 Å². The van der Waals surface area contributed by atoms with Crippen LogP contribution in [0.15, 0.2) is 48.6 Å². The number of allylic oxidation sites excluding steroid dienone is 7. The fourth-order valence-electron chi connectivity index (χ4n) is 14.7. The largest absolute Gasteiger partial charge is 0.394 e. The van der Waals surface area contributed by atoms with Crippen molar-refractivity contribution >= 4 is 5.91 Å². The number of aliphatic hydroxyl groups excluding tert-OH is 11. The molecule has 17 atom stereocenters. The molecule has 0 bridgehead atoms. The Morgan fingerprint density at radius 2 is 0.629 bits per heavy atom. The first-order chi connectivity index (χ1) is 51.3. The van der Waals surface area contributed by atoms with Gasteiger partial charge < -0.3 is 89.9 Å². The van der Waals surface area contributed by atoms with E-state index in [0.29, 0.717) is 6.42 Å². The molecule has 0 aromatic rings. The summed E-state index contributed by atoms with van der Waals surface area (Å²) < 4.78 is 34.5. The number of carbonyl (C=O) groups excluding carboxylic acids is 1. The van der Waals surface area contributed by atoms with Gasteiger partial charge >= 0.3 is 0 Å². The summed E-state index contributed by atoms with van der Waals surface area (Å²) in [7, 11) is 0. The van der Waals surface area contributed by atoms with Crippen molar-refractivity contribution in [1.82, 2.24) is 5.32 Å². The Labute approximate surface area is 637 Å². The van der Waals surface area contributed by atoms with Gasteiger partial charge in [-0.3, -0.25) is 4.79 Å². The van der Waals surface area contributed by atoms with Crippen molar-refractivity contribution in [2.75, 3.05) is 26.4 Å². The van der Waals surface area contributed by atoms with Crippen LogP contribution >= 0.6 is 0 Å². The van der Waals surface area contributed by atoms with Crippen LogP contribution in [-0.2, 0) is 33.2 Å². The Morgan fingerprint density at radius 1 is 0.343 bits per heavy atom. The Bertz CT molecular complexity index is 2080. The van der Waals surface area contributed by atoms with E-state index < -0.39 is 124 Å². The van der Waals surface area contributed by atoms with Gasteiger partial charge in [0.25, 0.3) is 0 Å². The van der Waals surface area contributed by atoms with Crippen LogP contribution in [-0.4, -0.2) is 193 Å². The molecule has 0 aliphatic carbocycles. The van der Waals surface area contributed by atoms with E-state index in [1.165, 1.54) is 276 Å². The Morgan fingerprint density at radius 3 is 0.981 bits per heavy atom. The van der Waals surface area contributed by atoms with E-state index in [1.54, 1.807) is 6.08 Å². The van der Waals surface area contributed by atoms with Gasteiger partial charge in [-0.2, -0.15) is 0 Å². The number of aliphatic hydroxyl groups is 11. The molecule has 3 rings (SSSR count). The summed E-state index contributed by atoms with van der Waals surface area (Å²) in [4.78, 5) is 13.5. The molecule has 616 valence electrons. The summed E-state index contributed by atoms with van der Waals surface area (Å²) >= 11 is 0. The highest BCUT2D eigenvalue weighted by molar-refractivity contribution is 5.76. The average molecular weight is 1500 g/mol. The molecule has 3 fully saturated rings. The van der Waals surface area contributed by atoms with Gasteiger partial charge in [0.15, 0.2) is 18.9 Å². The number of hydrogen-bond donors (Lipinski definition) is 12. The van der Waals surface area contributed by atoms with Gasteiger partial charge in [0.1, 0.15) is 73.2 Å². The van der Waals surface area contributed by atoms with E-state index in [0.717, 1.165) is 57.8 Å². The van der Waals surface area contributed by atoms with Crippen LogP contribution in [0.1, 0.15) is 361 Å². The minimum Gasteiger partial charge on any atom is -0.394 e. The minimum absolute atomic E-state index is 0.246. The van der Waals surface area contributed by atoms with Crippen LogP contribution in [0.2, 0.25) is 0 Å². The van der Waals surface area contributed by atoms with Crippen molar-refractivity contribution in [3.63, 3.8) is 0 Å². The monoisotopic (exact) mass is 1490 g/mol. The third-order valence-corrected chi connectivity index (χ3v) is 21.6. The van der Waals surface area contributed by atoms with Crippen LogP contribution in [0.4, 0.5) is 0 Å². The molecule has 12 N–H and O–H groups in total. The zero-order valence-corrected chi connectivity index (χ0v) is 66.2. The van der Waals surface area contributed by atoms with E-state index in [9.17, 15) is 61.0 Å². The summed E-state index contributed by atoms with van der Waals surface area (Å²) in [6, 6.07) is -0.974. The van der Waals surface area contributed by atoms with Gasteiger partial charge in [-0.1, -0.05) is 345 Å². The molecule has 3 aliphatic rings. The Hall–Kier alpha value is -2.25. The molecule has 3 heterocycles. The van der Waals surface area contributed by atoms with Crippen LogP contribution in [0, 0.1) is 0 Å². The number of nitrogens with one attached hydrogen (secondary N) is 1.